The lowest BCUT2D eigenvalue weighted by molar-refractivity contribution is -0.115. The number of ether oxygens (including phenoxy) is 2. The van der Waals surface area contributed by atoms with Crippen molar-refractivity contribution in [2.75, 3.05) is 32.6 Å². The van der Waals surface area contributed by atoms with Crippen molar-refractivity contribution in [1.29, 1.82) is 0 Å². The summed E-state index contributed by atoms with van der Waals surface area (Å²) in [7, 11) is 3.37. The number of nitrogens with zero attached hydrogens (tertiary/aromatic N) is 1. The van der Waals surface area contributed by atoms with E-state index in [0.29, 0.717) is 40.3 Å². The van der Waals surface area contributed by atoms with Gasteiger partial charge in [-0.05, 0) is 41.6 Å². The number of anilines is 1. The van der Waals surface area contributed by atoms with Crippen LogP contribution in [-0.2, 0) is 11.2 Å². The average molecular weight is 407 g/mol. The normalized spacial score (nSPS) is 12.4. The van der Waals surface area contributed by atoms with Crippen molar-refractivity contribution in [1.82, 2.24) is 4.90 Å². The van der Waals surface area contributed by atoms with Gasteiger partial charge < -0.3 is 19.7 Å². The molecule has 1 heterocycles. The Balaban J connectivity index is 1.72. The molecule has 2 aromatic carbocycles. The lowest BCUT2D eigenvalue weighted by atomic mass is 10.1. The molecule has 2 aromatic rings. The van der Waals surface area contributed by atoms with Gasteiger partial charge in [0.25, 0.3) is 5.24 Å². The van der Waals surface area contributed by atoms with E-state index in [4.69, 9.17) is 21.1 Å². The highest BCUT2D eigenvalue weighted by Crippen LogP contribution is 2.38. The number of amides is 2. The summed E-state index contributed by atoms with van der Waals surface area (Å²) in [5.74, 6) is 0.841. The molecule has 2 amide bonds. The SMILES string of the molecule is CN(C)C(=O)Sc1ccccc1NC(=O)Cc1cc(Cl)c2c(c1)OCCO2. The Kier molecular flexibility index (Phi) is 6.13. The molecule has 8 heteroatoms. The topological polar surface area (TPSA) is 67.9 Å². The van der Waals surface area contributed by atoms with E-state index >= 15 is 0 Å². The Morgan fingerprint density at radius 1 is 1.19 bits per heavy atom. The molecule has 1 aliphatic heterocycles. The molecule has 1 aliphatic rings. The van der Waals surface area contributed by atoms with Crippen LogP contribution in [0.5, 0.6) is 11.5 Å². The number of para-hydroxylation sites is 1. The molecule has 0 radical (unpaired) electrons. The van der Waals surface area contributed by atoms with Crippen molar-refractivity contribution in [3.63, 3.8) is 0 Å². The molecular weight excluding hydrogens is 388 g/mol. The highest BCUT2D eigenvalue weighted by Gasteiger charge is 2.18. The first-order valence-electron chi connectivity index (χ1n) is 8.30. The van der Waals surface area contributed by atoms with E-state index in [-0.39, 0.29) is 17.6 Å². The van der Waals surface area contributed by atoms with Crippen LogP contribution in [0.4, 0.5) is 10.5 Å². The highest BCUT2D eigenvalue weighted by molar-refractivity contribution is 8.13. The minimum absolute atomic E-state index is 0.115. The first-order chi connectivity index (χ1) is 12.9. The van der Waals surface area contributed by atoms with Crippen molar-refractivity contribution in [2.24, 2.45) is 0 Å². The lowest BCUT2D eigenvalue weighted by Crippen LogP contribution is -2.18. The van der Waals surface area contributed by atoms with Gasteiger partial charge in [-0.1, -0.05) is 23.7 Å². The molecule has 0 fully saturated rings. The zero-order valence-corrected chi connectivity index (χ0v) is 16.5. The standard InChI is InChI=1S/C19H19ClN2O4S/c1-22(2)19(24)27-16-6-4-3-5-14(16)21-17(23)11-12-9-13(20)18-15(10-12)25-7-8-26-18/h3-6,9-10H,7-8,11H2,1-2H3,(H,21,23). The number of carbonyl (C=O) groups excluding carboxylic acids is 2. The number of rotatable bonds is 4. The van der Waals surface area contributed by atoms with Gasteiger partial charge in [0.05, 0.1) is 17.1 Å². The van der Waals surface area contributed by atoms with Crippen LogP contribution in [0.15, 0.2) is 41.3 Å². The molecule has 0 atom stereocenters. The molecular formula is C19H19ClN2O4S. The van der Waals surface area contributed by atoms with Gasteiger partial charge in [-0.15, -0.1) is 0 Å². The number of hydrogen-bond donors (Lipinski definition) is 1. The summed E-state index contributed by atoms with van der Waals surface area (Å²) in [5.41, 5.74) is 1.31. The number of halogens is 1. The summed E-state index contributed by atoms with van der Waals surface area (Å²) in [6, 6.07) is 10.6. The third kappa shape index (κ3) is 4.87. The van der Waals surface area contributed by atoms with E-state index in [0.717, 1.165) is 17.3 Å². The van der Waals surface area contributed by atoms with Gasteiger partial charge in [-0.25, -0.2) is 0 Å². The molecule has 0 unspecified atom stereocenters. The van der Waals surface area contributed by atoms with Gasteiger partial charge >= 0.3 is 0 Å². The van der Waals surface area contributed by atoms with E-state index in [1.807, 2.05) is 6.07 Å². The molecule has 0 saturated heterocycles. The van der Waals surface area contributed by atoms with Crippen LogP contribution in [0.3, 0.4) is 0 Å². The average Bonchev–Trinajstić information content (AvgIpc) is 2.63. The number of carbonyl (C=O) groups is 2. The van der Waals surface area contributed by atoms with E-state index in [1.54, 1.807) is 44.4 Å². The summed E-state index contributed by atoms with van der Waals surface area (Å²) in [6.45, 7) is 0.899. The van der Waals surface area contributed by atoms with E-state index in [1.165, 1.54) is 4.90 Å². The van der Waals surface area contributed by atoms with Gasteiger partial charge in [-0.3, -0.25) is 9.59 Å². The summed E-state index contributed by atoms with van der Waals surface area (Å²) in [5, 5.41) is 3.16. The molecule has 3 rings (SSSR count). The van der Waals surface area contributed by atoms with Crippen LogP contribution in [0.2, 0.25) is 5.02 Å². The maximum absolute atomic E-state index is 12.5. The van der Waals surface area contributed by atoms with Gasteiger partial charge in [0.2, 0.25) is 5.91 Å². The van der Waals surface area contributed by atoms with E-state index in [2.05, 4.69) is 5.32 Å². The van der Waals surface area contributed by atoms with Crippen LogP contribution >= 0.6 is 23.4 Å². The maximum Gasteiger partial charge on any atom is 0.286 e. The van der Waals surface area contributed by atoms with Crippen molar-refractivity contribution >= 4 is 40.2 Å². The summed E-state index contributed by atoms with van der Waals surface area (Å²) < 4.78 is 11.0. The van der Waals surface area contributed by atoms with Crippen LogP contribution in [0.25, 0.3) is 0 Å². The molecule has 0 aromatic heterocycles. The van der Waals surface area contributed by atoms with Crippen LogP contribution in [-0.4, -0.2) is 43.4 Å². The largest absolute Gasteiger partial charge is 0.486 e. The molecule has 0 saturated carbocycles. The van der Waals surface area contributed by atoms with Crippen molar-refractivity contribution in [3.8, 4) is 11.5 Å². The molecule has 0 bridgehead atoms. The van der Waals surface area contributed by atoms with Crippen molar-refractivity contribution < 1.29 is 19.1 Å². The van der Waals surface area contributed by atoms with Gasteiger partial charge in [0.15, 0.2) is 11.5 Å². The zero-order chi connectivity index (χ0) is 19.4. The Morgan fingerprint density at radius 2 is 1.93 bits per heavy atom. The minimum atomic E-state index is -0.215. The Hall–Kier alpha value is -2.38. The number of fused-ring (bicyclic) bond motifs is 1. The van der Waals surface area contributed by atoms with Crippen molar-refractivity contribution in [2.45, 2.75) is 11.3 Å². The van der Waals surface area contributed by atoms with Gasteiger partial charge in [0.1, 0.15) is 13.2 Å². The molecule has 1 N–H and O–H groups in total. The number of nitrogens with one attached hydrogen (secondary N) is 1. The van der Waals surface area contributed by atoms with Crippen LogP contribution in [0.1, 0.15) is 5.56 Å². The van der Waals surface area contributed by atoms with E-state index < -0.39 is 0 Å². The molecule has 0 aliphatic carbocycles. The van der Waals surface area contributed by atoms with E-state index in [9.17, 15) is 9.59 Å². The first kappa shape index (κ1) is 19.4. The van der Waals surface area contributed by atoms with Crippen molar-refractivity contribution in [3.05, 3.63) is 47.0 Å². The first-order valence-corrected chi connectivity index (χ1v) is 9.49. The number of thioether (sulfide) groups is 1. The molecule has 0 spiro atoms. The van der Waals surface area contributed by atoms with Crippen LogP contribution in [0, 0.1) is 0 Å². The zero-order valence-electron chi connectivity index (χ0n) is 15.0. The fraction of sp³-hybridized carbons (Fsp3) is 0.263. The number of benzene rings is 2. The molecule has 6 nitrogen and oxygen atoms in total. The fourth-order valence-electron chi connectivity index (χ4n) is 2.49. The van der Waals surface area contributed by atoms with Gasteiger partial charge in [0, 0.05) is 19.0 Å². The third-order valence-corrected chi connectivity index (χ3v) is 5.14. The number of hydrogen-bond acceptors (Lipinski definition) is 5. The third-order valence-electron chi connectivity index (χ3n) is 3.74. The maximum atomic E-state index is 12.5. The summed E-state index contributed by atoms with van der Waals surface area (Å²) in [4.78, 5) is 26.6. The Bertz CT molecular complexity index is 873. The highest BCUT2D eigenvalue weighted by atomic mass is 35.5. The predicted octanol–water partition coefficient (Wildman–Crippen LogP) is 4.07. The second-order valence-corrected chi connectivity index (χ2v) is 7.49. The Labute approximate surface area is 166 Å². The Morgan fingerprint density at radius 3 is 2.70 bits per heavy atom. The van der Waals surface area contributed by atoms with Gasteiger partial charge in [-0.2, -0.15) is 0 Å². The van der Waals surface area contributed by atoms with Crippen LogP contribution < -0.4 is 14.8 Å². The summed E-state index contributed by atoms with van der Waals surface area (Å²) in [6.07, 6.45) is 0.122. The fourth-order valence-corrected chi connectivity index (χ4v) is 3.52. The smallest absolute Gasteiger partial charge is 0.286 e. The second kappa shape index (κ2) is 8.54. The quantitative estimate of drug-likeness (QED) is 0.775. The second-order valence-electron chi connectivity index (χ2n) is 6.09. The lowest BCUT2D eigenvalue weighted by Gasteiger charge is -2.20. The predicted molar refractivity (Wildman–Crippen MR) is 106 cm³/mol. The monoisotopic (exact) mass is 406 g/mol. The summed E-state index contributed by atoms with van der Waals surface area (Å²) >= 11 is 7.28. The molecule has 142 valence electrons. The molecule has 27 heavy (non-hydrogen) atoms. The minimum Gasteiger partial charge on any atom is -0.486 e.